The van der Waals surface area contributed by atoms with Crippen molar-refractivity contribution in [2.24, 2.45) is 5.41 Å². The van der Waals surface area contributed by atoms with Crippen molar-refractivity contribution in [3.8, 4) is 0 Å². The summed E-state index contributed by atoms with van der Waals surface area (Å²) in [7, 11) is 1.86. The average molecular weight is 324 g/mol. The Hall–Kier alpha value is -2.10. The summed E-state index contributed by atoms with van der Waals surface area (Å²) >= 11 is 0. The van der Waals surface area contributed by atoms with Gasteiger partial charge in [-0.1, -0.05) is 36.4 Å². The van der Waals surface area contributed by atoms with Gasteiger partial charge in [0.1, 0.15) is 0 Å². The molecule has 0 radical (unpaired) electrons. The Balaban J connectivity index is 1.48. The van der Waals surface area contributed by atoms with Crippen LogP contribution >= 0.6 is 0 Å². The third-order valence-corrected chi connectivity index (χ3v) is 6.16. The van der Waals surface area contributed by atoms with E-state index in [4.69, 9.17) is 0 Å². The van der Waals surface area contributed by atoms with Gasteiger partial charge in [0.15, 0.2) is 0 Å². The van der Waals surface area contributed by atoms with Gasteiger partial charge in [0.25, 0.3) is 0 Å². The van der Waals surface area contributed by atoms with Gasteiger partial charge in [-0.15, -0.1) is 0 Å². The van der Waals surface area contributed by atoms with E-state index in [-0.39, 0.29) is 22.6 Å². The zero-order chi connectivity index (χ0) is 16.8. The summed E-state index contributed by atoms with van der Waals surface area (Å²) in [5.74, 6) is 0.335. The lowest BCUT2D eigenvalue weighted by atomic mass is 9.76. The minimum atomic E-state index is -0.323. The Morgan fingerprint density at radius 3 is 2.62 bits per heavy atom. The zero-order valence-corrected chi connectivity index (χ0v) is 14.2. The molecule has 2 fully saturated rings. The Bertz CT molecular complexity index is 706. The topological polar surface area (TPSA) is 49.4 Å². The molecule has 4 heteroatoms. The van der Waals surface area contributed by atoms with Crippen LogP contribution in [-0.2, 0) is 15.0 Å². The summed E-state index contributed by atoms with van der Waals surface area (Å²) < 4.78 is 0. The van der Waals surface area contributed by atoms with Crippen molar-refractivity contribution < 1.29 is 9.59 Å². The summed E-state index contributed by atoms with van der Waals surface area (Å²) in [6.45, 7) is 0.643. The molecule has 1 unspecified atom stereocenters. The van der Waals surface area contributed by atoms with Gasteiger partial charge in [-0.25, -0.2) is 0 Å². The molecule has 1 aliphatic heterocycles. The first-order chi connectivity index (χ1) is 11.6. The van der Waals surface area contributed by atoms with Crippen LogP contribution in [0.3, 0.4) is 0 Å². The first-order valence-electron chi connectivity index (χ1n) is 8.89. The molecule has 1 saturated carbocycles. The molecule has 2 amide bonds. The van der Waals surface area contributed by atoms with Crippen molar-refractivity contribution in [1.82, 2.24) is 10.2 Å². The third kappa shape index (κ3) is 2.27. The van der Waals surface area contributed by atoms with Crippen LogP contribution in [0.4, 0.5) is 0 Å². The lowest BCUT2D eigenvalue weighted by Gasteiger charge is -2.41. The fourth-order valence-corrected chi connectivity index (χ4v) is 4.44. The van der Waals surface area contributed by atoms with Crippen LogP contribution < -0.4 is 5.32 Å². The Morgan fingerprint density at radius 1 is 1.17 bits per heavy atom. The number of hydrogen-bond donors (Lipinski definition) is 1. The predicted octanol–water partition coefficient (Wildman–Crippen LogP) is 2.75. The highest BCUT2D eigenvalue weighted by molar-refractivity contribution is 5.91. The molecule has 0 bridgehead atoms. The molecule has 126 valence electrons. The maximum Gasteiger partial charge on any atom is 0.230 e. The first-order valence-corrected chi connectivity index (χ1v) is 8.89. The number of fused-ring (bicyclic) bond motifs is 1. The number of nitrogens with zero attached hydrogens (tertiary/aromatic N) is 1. The number of rotatable bonds is 4. The maximum absolute atomic E-state index is 12.9. The Morgan fingerprint density at radius 2 is 1.92 bits per heavy atom. The molecular weight excluding hydrogens is 300 g/mol. The summed E-state index contributed by atoms with van der Waals surface area (Å²) in [4.78, 5) is 26.7. The molecule has 1 saturated heterocycles. The second-order valence-electron chi connectivity index (χ2n) is 7.49. The maximum atomic E-state index is 12.9. The van der Waals surface area contributed by atoms with Crippen molar-refractivity contribution in [3.63, 3.8) is 0 Å². The molecule has 1 heterocycles. The molecule has 0 aromatic heterocycles. The Labute approximate surface area is 142 Å². The second-order valence-corrected chi connectivity index (χ2v) is 7.49. The fourth-order valence-electron chi connectivity index (χ4n) is 4.44. The number of nitrogens with one attached hydrogen (secondary N) is 1. The van der Waals surface area contributed by atoms with Crippen molar-refractivity contribution in [2.45, 2.75) is 43.9 Å². The number of benzene rings is 1. The largest absolute Gasteiger partial charge is 0.354 e. The third-order valence-electron chi connectivity index (χ3n) is 6.16. The number of allylic oxidation sites excluding steroid dienone is 1. The number of amides is 2. The lowest BCUT2D eigenvalue weighted by molar-refractivity contribution is -0.132. The first kappa shape index (κ1) is 15.4. The van der Waals surface area contributed by atoms with E-state index >= 15 is 0 Å². The highest BCUT2D eigenvalue weighted by Gasteiger charge is 2.52. The van der Waals surface area contributed by atoms with Crippen LogP contribution in [0.2, 0.25) is 0 Å². The molecule has 1 aromatic carbocycles. The van der Waals surface area contributed by atoms with Crippen LogP contribution in [0.1, 0.15) is 44.1 Å². The van der Waals surface area contributed by atoms with Crippen LogP contribution in [-0.4, -0.2) is 30.3 Å². The molecule has 4 nitrogen and oxygen atoms in total. The molecule has 1 atom stereocenters. The van der Waals surface area contributed by atoms with Crippen molar-refractivity contribution in [2.75, 3.05) is 13.6 Å². The number of likely N-dealkylation sites (tertiary alicyclic amines) is 1. The van der Waals surface area contributed by atoms with Crippen LogP contribution in [0.5, 0.6) is 0 Å². The van der Waals surface area contributed by atoms with Gasteiger partial charge in [0, 0.05) is 31.1 Å². The summed E-state index contributed by atoms with van der Waals surface area (Å²) in [6.07, 6.45) is 7.47. The molecule has 3 aliphatic rings. The summed E-state index contributed by atoms with van der Waals surface area (Å²) in [5.41, 5.74) is 1.86. The molecule has 24 heavy (non-hydrogen) atoms. The monoisotopic (exact) mass is 324 g/mol. The number of carbonyl (C=O) groups excluding carboxylic acids is 2. The van der Waals surface area contributed by atoms with E-state index in [0.29, 0.717) is 13.0 Å². The lowest BCUT2D eigenvalue weighted by Crippen LogP contribution is -2.48. The van der Waals surface area contributed by atoms with Crippen molar-refractivity contribution in [1.29, 1.82) is 0 Å². The Kier molecular flexibility index (Phi) is 3.52. The van der Waals surface area contributed by atoms with Crippen molar-refractivity contribution in [3.05, 3.63) is 47.7 Å². The van der Waals surface area contributed by atoms with Gasteiger partial charge in [-0.2, -0.15) is 0 Å². The predicted molar refractivity (Wildman–Crippen MR) is 92.1 cm³/mol. The second kappa shape index (κ2) is 5.47. The quantitative estimate of drug-likeness (QED) is 0.926. The van der Waals surface area contributed by atoms with E-state index in [1.165, 1.54) is 0 Å². The van der Waals surface area contributed by atoms with Gasteiger partial charge < -0.3 is 10.2 Å². The summed E-state index contributed by atoms with van der Waals surface area (Å²) in [6, 6.07) is 10.1. The van der Waals surface area contributed by atoms with Gasteiger partial charge in [-0.05, 0) is 37.7 Å². The number of piperidine rings is 1. The highest BCUT2D eigenvalue weighted by atomic mass is 16.2. The molecule has 4 rings (SSSR count). The van der Waals surface area contributed by atoms with E-state index in [9.17, 15) is 9.59 Å². The van der Waals surface area contributed by atoms with E-state index in [1.54, 1.807) is 4.90 Å². The van der Waals surface area contributed by atoms with Gasteiger partial charge in [0.05, 0.1) is 5.41 Å². The van der Waals surface area contributed by atoms with E-state index in [2.05, 4.69) is 23.5 Å². The minimum Gasteiger partial charge on any atom is -0.354 e. The fraction of sp³-hybridized carbons (Fsp3) is 0.500. The van der Waals surface area contributed by atoms with Gasteiger partial charge in [-0.3, -0.25) is 9.59 Å². The van der Waals surface area contributed by atoms with E-state index in [1.807, 2.05) is 25.2 Å². The van der Waals surface area contributed by atoms with E-state index < -0.39 is 0 Å². The van der Waals surface area contributed by atoms with Crippen molar-refractivity contribution >= 4 is 11.8 Å². The molecule has 1 N–H and O–H groups in total. The molecule has 0 spiro atoms. The molecule has 2 aliphatic carbocycles. The number of carbonyl (C=O) groups is 2. The minimum absolute atomic E-state index is 0.0505. The van der Waals surface area contributed by atoms with Crippen LogP contribution in [0, 0.1) is 5.41 Å². The smallest absolute Gasteiger partial charge is 0.230 e. The standard InChI is InChI=1S/C20H24N2O2/c1-22-16-8-5-10-19(16,11-9-17(22)23)14-21-18(24)20(12-13-20)15-6-3-2-4-7-15/h2-4,6-8H,5,9-14H2,1H3,(H,21,24). The SMILES string of the molecule is CN1C(=O)CCC2(CNC(=O)C3(c4ccccc4)CC3)CCC=C12. The van der Waals surface area contributed by atoms with Crippen LogP contribution in [0.15, 0.2) is 42.1 Å². The van der Waals surface area contributed by atoms with Crippen LogP contribution in [0.25, 0.3) is 0 Å². The van der Waals surface area contributed by atoms with Gasteiger partial charge in [0.2, 0.25) is 11.8 Å². The molecule has 1 aromatic rings. The highest BCUT2D eigenvalue weighted by Crippen LogP contribution is 2.50. The average Bonchev–Trinajstić information content (AvgIpc) is 3.32. The molecular formula is C20H24N2O2. The normalized spacial score (nSPS) is 27.5. The van der Waals surface area contributed by atoms with Gasteiger partial charge >= 0.3 is 0 Å². The number of hydrogen-bond acceptors (Lipinski definition) is 2. The van der Waals surface area contributed by atoms with E-state index in [0.717, 1.165) is 43.4 Å². The zero-order valence-electron chi connectivity index (χ0n) is 14.2. The summed E-state index contributed by atoms with van der Waals surface area (Å²) in [5, 5.41) is 3.23.